The Labute approximate surface area is 127 Å². The predicted molar refractivity (Wildman–Crippen MR) is 89.1 cm³/mol. The van der Waals surface area contributed by atoms with E-state index >= 15 is 0 Å². The molecule has 0 spiro atoms. The third-order valence-electron chi connectivity index (χ3n) is 4.02. The van der Waals surface area contributed by atoms with Gasteiger partial charge in [0.1, 0.15) is 0 Å². The van der Waals surface area contributed by atoms with Crippen LogP contribution in [0.4, 0.5) is 5.69 Å². The highest BCUT2D eigenvalue weighted by Crippen LogP contribution is 2.28. The van der Waals surface area contributed by atoms with Gasteiger partial charge in [-0.25, -0.2) is 0 Å². The Hall–Kier alpha value is -2.16. The summed E-state index contributed by atoms with van der Waals surface area (Å²) in [5, 5.41) is 3.26. The minimum atomic E-state index is 0.952. The van der Waals surface area contributed by atoms with Gasteiger partial charge in [-0.2, -0.15) is 0 Å². The Kier molecular flexibility index (Phi) is 3.74. The van der Waals surface area contributed by atoms with Crippen molar-refractivity contribution < 1.29 is 0 Å². The standard InChI is InChI=1S/C18H23N3/c1-14-10-15(2)18(16(3)11-14)21-9-8-20(13-21)12-17-6-4-5-7-19-17/h4-7,10-12,19H,8-9,13H2,1-3H3/b17-12-. The summed E-state index contributed by atoms with van der Waals surface area (Å²) in [5.41, 5.74) is 6.64. The van der Waals surface area contributed by atoms with Crippen molar-refractivity contribution in [2.45, 2.75) is 20.8 Å². The first-order valence-electron chi connectivity index (χ1n) is 7.52. The summed E-state index contributed by atoms with van der Waals surface area (Å²) in [5.74, 6) is 0. The van der Waals surface area contributed by atoms with Crippen LogP contribution in [-0.2, 0) is 0 Å². The molecular formula is C18H23N3. The van der Waals surface area contributed by atoms with E-state index in [0.717, 1.165) is 25.5 Å². The lowest BCUT2D eigenvalue weighted by atomic mass is 10.0. The first-order chi connectivity index (χ1) is 10.1. The van der Waals surface area contributed by atoms with Crippen molar-refractivity contribution in [3.63, 3.8) is 0 Å². The molecule has 0 radical (unpaired) electrons. The molecule has 1 saturated heterocycles. The third-order valence-corrected chi connectivity index (χ3v) is 4.02. The molecule has 2 aliphatic rings. The second-order valence-corrected chi connectivity index (χ2v) is 5.91. The van der Waals surface area contributed by atoms with E-state index in [0.29, 0.717) is 0 Å². The number of rotatable bonds is 2. The molecule has 0 aromatic heterocycles. The average molecular weight is 281 g/mol. The van der Waals surface area contributed by atoms with Gasteiger partial charge in [0.05, 0.1) is 12.4 Å². The fraction of sp³-hybridized carbons (Fsp3) is 0.333. The van der Waals surface area contributed by atoms with Crippen LogP contribution in [0.3, 0.4) is 0 Å². The van der Waals surface area contributed by atoms with E-state index in [9.17, 15) is 0 Å². The second-order valence-electron chi connectivity index (χ2n) is 5.91. The highest BCUT2D eigenvalue weighted by atomic mass is 15.4. The van der Waals surface area contributed by atoms with E-state index in [2.05, 4.69) is 66.4 Å². The van der Waals surface area contributed by atoms with E-state index in [1.54, 1.807) is 0 Å². The van der Waals surface area contributed by atoms with Gasteiger partial charge in [-0.15, -0.1) is 0 Å². The molecule has 110 valence electrons. The molecule has 0 aliphatic carbocycles. The van der Waals surface area contributed by atoms with Crippen LogP contribution in [0.1, 0.15) is 16.7 Å². The maximum atomic E-state index is 3.26. The van der Waals surface area contributed by atoms with Gasteiger partial charge in [0, 0.05) is 31.2 Å². The number of hydrogen-bond donors (Lipinski definition) is 1. The highest BCUT2D eigenvalue weighted by molar-refractivity contribution is 5.60. The third kappa shape index (κ3) is 2.97. The summed E-state index contributed by atoms with van der Waals surface area (Å²) in [7, 11) is 0. The molecule has 1 N–H and O–H groups in total. The van der Waals surface area contributed by atoms with Crippen LogP contribution in [0.2, 0.25) is 0 Å². The molecule has 3 nitrogen and oxygen atoms in total. The summed E-state index contributed by atoms with van der Waals surface area (Å²) < 4.78 is 0. The lowest BCUT2D eigenvalue weighted by Crippen LogP contribution is -2.24. The topological polar surface area (TPSA) is 18.5 Å². The average Bonchev–Trinajstić information content (AvgIpc) is 2.87. The van der Waals surface area contributed by atoms with Gasteiger partial charge in [-0.1, -0.05) is 23.8 Å². The van der Waals surface area contributed by atoms with Crippen molar-refractivity contribution in [2.75, 3.05) is 24.7 Å². The van der Waals surface area contributed by atoms with Crippen LogP contribution in [-0.4, -0.2) is 24.7 Å². The molecule has 21 heavy (non-hydrogen) atoms. The second kappa shape index (κ2) is 5.68. The normalized spacial score (nSPS) is 19.5. The molecule has 2 aliphatic heterocycles. The molecule has 0 atom stereocenters. The summed E-state index contributed by atoms with van der Waals surface area (Å²) in [4.78, 5) is 4.84. The highest BCUT2D eigenvalue weighted by Gasteiger charge is 2.21. The van der Waals surface area contributed by atoms with Crippen LogP contribution in [0.25, 0.3) is 0 Å². The molecule has 1 fully saturated rings. The van der Waals surface area contributed by atoms with Crippen molar-refractivity contribution in [1.29, 1.82) is 0 Å². The zero-order chi connectivity index (χ0) is 14.8. The molecule has 0 saturated carbocycles. The summed E-state index contributed by atoms with van der Waals surface area (Å²) in [6.07, 6.45) is 10.3. The zero-order valence-corrected chi connectivity index (χ0v) is 13.1. The van der Waals surface area contributed by atoms with E-state index in [-0.39, 0.29) is 0 Å². The van der Waals surface area contributed by atoms with Gasteiger partial charge < -0.3 is 15.1 Å². The van der Waals surface area contributed by atoms with E-state index in [4.69, 9.17) is 0 Å². The number of allylic oxidation sites excluding steroid dienone is 3. The zero-order valence-electron chi connectivity index (χ0n) is 13.1. The van der Waals surface area contributed by atoms with Crippen LogP contribution in [0.5, 0.6) is 0 Å². The Morgan fingerprint density at radius 3 is 2.48 bits per heavy atom. The Morgan fingerprint density at radius 2 is 1.81 bits per heavy atom. The molecule has 3 rings (SSSR count). The van der Waals surface area contributed by atoms with Crippen molar-refractivity contribution in [3.8, 4) is 0 Å². The molecule has 1 aromatic rings. The monoisotopic (exact) mass is 281 g/mol. The fourth-order valence-corrected chi connectivity index (χ4v) is 3.25. The Bertz CT molecular complexity index is 602. The fourth-order valence-electron chi connectivity index (χ4n) is 3.25. The Balaban J connectivity index is 1.76. The molecule has 1 aromatic carbocycles. The molecule has 0 unspecified atom stereocenters. The van der Waals surface area contributed by atoms with Crippen LogP contribution >= 0.6 is 0 Å². The van der Waals surface area contributed by atoms with Crippen LogP contribution in [0.15, 0.2) is 48.5 Å². The first-order valence-corrected chi connectivity index (χ1v) is 7.52. The first kappa shape index (κ1) is 13.8. The molecule has 0 amide bonds. The maximum absolute atomic E-state index is 3.26. The number of nitrogens with one attached hydrogen (secondary N) is 1. The largest absolute Gasteiger partial charge is 0.361 e. The predicted octanol–water partition coefficient (Wildman–Crippen LogP) is 3.21. The van der Waals surface area contributed by atoms with Gasteiger partial charge in [0.25, 0.3) is 0 Å². The number of anilines is 1. The number of hydrogen-bond acceptors (Lipinski definition) is 3. The van der Waals surface area contributed by atoms with Gasteiger partial charge >= 0.3 is 0 Å². The summed E-state index contributed by atoms with van der Waals surface area (Å²) >= 11 is 0. The van der Waals surface area contributed by atoms with Gasteiger partial charge in [0.2, 0.25) is 0 Å². The SMILES string of the molecule is Cc1cc(C)c(N2CCN(/C=C3/C=CC=CN3)C2)c(C)c1. The molecule has 0 bridgehead atoms. The number of aryl methyl sites for hydroxylation is 3. The van der Waals surface area contributed by atoms with E-state index < -0.39 is 0 Å². The minimum Gasteiger partial charge on any atom is -0.361 e. The van der Waals surface area contributed by atoms with Crippen molar-refractivity contribution >= 4 is 5.69 Å². The number of benzene rings is 1. The van der Waals surface area contributed by atoms with Crippen molar-refractivity contribution in [3.05, 3.63) is 65.1 Å². The van der Waals surface area contributed by atoms with Gasteiger partial charge in [-0.3, -0.25) is 0 Å². The van der Waals surface area contributed by atoms with Crippen LogP contribution in [0, 0.1) is 20.8 Å². The lowest BCUT2D eigenvalue weighted by molar-refractivity contribution is 0.466. The summed E-state index contributed by atoms with van der Waals surface area (Å²) in [6, 6.07) is 4.55. The van der Waals surface area contributed by atoms with Crippen molar-refractivity contribution in [1.82, 2.24) is 10.2 Å². The quantitative estimate of drug-likeness (QED) is 0.898. The Morgan fingerprint density at radius 1 is 1.05 bits per heavy atom. The molecule has 3 heteroatoms. The van der Waals surface area contributed by atoms with Crippen LogP contribution < -0.4 is 10.2 Å². The molecule has 2 heterocycles. The maximum Gasteiger partial charge on any atom is 0.0900 e. The molecular weight excluding hydrogens is 258 g/mol. The lowest BCUT2D eigenvalue weighted by Gasteiger charge is -2.24. The van der Waals surface area contributed by atoms with Crippen molar-refractivity contribution in [2.24, 2.45) is 0 Å². The van der Waals surface area contributed by atoms with Gasteiger partial charge in [0.15, 0.2) is 0 Å². The number of nitrogens with zero attached hydrogens (tertiary/aromatic N) is 2. The minimum absolute atomic E-state index is 0.952. The van der Waals surface area contributed by atoms with E-state index in [1.807, 2.05) is 12.3 Å². The van der Waals surface area contributed by atoms with E-state index in [1.165, 1.54) is 22.4 Å². The number of dihydropyridines is 1. The summed E-state index contributed by atoms with van der Waals surface area (Å²) in [6.45, 7) is 9.69. The smallest absolute Gasteiger partial charge is 0.0900 e. The van der Waals surface area contributed by atoms with Gasteiger partial charge in [-0.05, 0) is 44.1 Å².